The third-order valence-electron chi connectivity index (χ3n) is 4.75. The Bertz CT molecular complexity index is 1120. The van der Waals surface area contributed by atoms with E-state index in [9.17, 15) is 4.79 Å². The van der Waals surface area contributed by atoms with E-state index in [2.05, 4.69) is 12.2 Å². The van der Waals surface area contributed by atoms with E-state index in [0.29, 0.717) is 29.0 Å². The van der Waals surface area contributed by atoms with E-state index >= 15 is 0 Å². The molecule has 2 aliphatic rings. The van der Waals surface area contributed by atoms with Crippen molar-refractivity contribution < 1.29 is 14.3 Å². The molecule has 0 spiro atoms. The number of methoxy groups -OCH3 is 1. The molecule has 156 valence electrons. The van der Waals surface area contributed by atoms with Crippen molar-refractivity contribution in [3.8, 4) is 11.5 Å². The number of fused-ring (bicyclic) bond motifs is 2. The van der Waals surface area contributed by atoms with Crippen LogP contribution in [-0.4, -0.2) is 35.6 Å². The fourth-order valence-corrected chi connectivity index (χ4v) is 4.23. The number of hydrogen-bond donors (Lipinski definition) is 1. The van der Waals surface area contributed by atoms with E-state index in [1.165, 1.54) is 11.8 Å². The number of amides is 1. The number of carbonyl (C=O) groups excluding carboxylic acids is 1. The zero-order chi connectivity index (χ0) is 21.1. The van der Waals surface area contributed by atoms with Crippen molar-refractivity contribution in [3.63, 3.8) is 0 Å². The molecule has 0 fully saturated rings. The second kappa shape index (κ2) is 8.79. The number of hydrazone groups is 1. The van der Waals surface area contributed by atoms with Crippen LogP contribution in [0.1, 0.15) is 32.0 Å². The highest BCUT2D eigenvalue weighted by atomic mass is 32.2. The minimum atomic E-state index is -0.548. The van der Waals surface area contributed by atoms with Crippen LogP contribution in [-0.2, 0) is 4.79 Å². The lowest BCUT2D eigenvalue weighted by atomic mass is 10.1. The van der Waals surface area contributed by atoms with Gasteiger partial charge in [0.15, 0.2) is 22.8 Å². The number of rotatable bonds is 6. The summed E-state index contributed by atoms with van der Waals surface area (Å²) in [6.45, 7) is 4.54. The molecule has 0 saturated carbocycles. The molecule has 1 atom stereocenters. The van der Waals surface area contributed by atoms with Crippen LogP contribution < -0.4 is 25.4 Å². The minimum Gasteiger partial charge on any atom is -0.492 e. The number of amidine groups is 1. The normalized spacial score (nSPS) is 17.4. The first-order valence-corrected chi connectivity index (χ1v) is 10.9. The highest BCUT2D eigenvalue weighted by molar-refractivity contribution is 8.13. The second-order valence-corrected chi connectivity index (χ2v) is 7.82. The lowest BCUT2D eigenvalue weighted by Gasteiger charge is -2.34. The third-order valence-corrected chi connectivity index (χ3v) is 5.82. The molecule has 1 N–H and O–H groups in total. The molecule has 2 aromatic rings. The average molecular weight is 425 g/mol. The molecule has 8 heteroatoms. The predicted octanol–water partition coefficient (Wildman–Crippen LogP) is 2.38. The van der Waals surface area contributed by atoms with Gasteiger partial charge in [0, 0.05) is 16.5 Å². The maximum absolute atomic E-state index is 13.1. The number of hydrogen-bond acceptors (Lipinski definition) is 7. The summed E-state index contributed by atoms with van der Waals surface area (Å²) in [5.41, 5.74) is 1.27. The zero-order valence-electron chi connectivity index (χ0n) is 17.2. The number of benzene rings is 2. The molecule has 0 aliphatic carbocycles. The van der Waals surface area contributed by atoms with Gasteiger partial charge in [-0.25, -0.2) is 5.01 Å². The summed E-state index contributed by atoms with van der Waals surface area (Å²) in [7, 11) is 1.61. The maximum Gasteiger partial charge on any atom is 0.276 e. The molecule has 0 aromatic heterocycles. The molecule has 2 aromatic carbocycles. The van der Waals surface area contributed by atoms with Crippen LogP contribution in [0.5, 0.6) is 11.5 Å². The number of nitrogens with zero attached hydrogens (tertiary/aromatic N) is 3. The molecule has 4 rings (SSSR count). The largest absolute Gasteiger partial charge is 0.492 e. The van der Waals surface area contributed by atoms with Gasteiger partial charge in [0.1, 0.15) is 5.70 Å². The van der Waals surface area contributed by atoms with Crippen molar-refractivity contribution >= 4 is 28.5 Å². The molecule has 0 saturated heterocycles. The van der Waals surface area contributed by atoms with E-state index in [-0.39, 0.29) is 5.91 Å². The number of para-hydroxylation sites is 2. The molecule has 0 radical (unpaired) electrons. The lowest BCUT2D eigenvalue weighted by Crippen LogP contribution is -2.50. The highest BCUT2D eigenvalue weighted by Crippen LogP contribution is 2.40. The smallest absolute Gasteiger partial charge is 0.276 e. The Morgan fingerprint density at radius 1 is 1.17 bits per heavy atom. The summed E-state index contributed by atoms with van der Waals surface area (Å²) < 4.78 is 11.4. The van der Waals surface area contributed by atoms with Crippen molar-refractivity contribution in [3.05, 3.63) is 58.6 Å². The molecule has 1 amide bonds. The monoisotopic (exact) mass is 424 g/mol. The van der Waals surface area contributed by atoms with Crippen LogP contribution in [0.3, 0.4) is 0 Å². The van der Waals surface area contributed by atoms with Gasteiger partial charge >= 0.3 is 0 Å². The van der Waals surface area contributed by atoms with Crippen LogP contribution in [0.15, 0.2) is 52.6 Å². The Balaban J connectivity index is 1.92. The molecular formula is C22H24N4O3S. The summed E-state index contributed by atoms with van der Waals surface area (Å²) >= 11 is 1.52. The zero-order valence-corrected chi connectivity index (χ0v) is 18.0. The Hall–Kier alpha value is -3.00. The Labute approximate surface area is 179 Å². The van der Waals surface area contributed by atoms with Gasteiger partial charge in [0.05, 0.1) is 19.1 Å². The molecule has 7 nitrogen and oxygen atoms in total. The van der Waals surface area contributed by atoms with Gasteiger partial charge in [0.2, 0.25) is 0 Å². The van der Waals surface area contributed by atoms with Crippen LogP contribution in [0.2, 0.25) is 0 Å². The standard InChI is InChI=1S/C22H24N4O3S/c1-4-13-30-22-24-21(27)18-14-9-6-7-11-16(14)23-20(26(18)25-22)15-10-8-12-17(29-5-2)19(15)28-3/h6-12,20H,4-5,13H2,1-3H3,(H,24,25,27). The number of carbonyl (C=O) groups is 1. The lowest BCUT2D eigenvalue weighted by molar-refractivity contribution is -0.116. The minimum absolute atomic E-state index is 0.184. The summed E-state index contributed by atoms with van der Waals surface area (Å²) in [5, 5.41) is 11.5. The van der Waals surface area contributed by atoms with E-state index in [4.69, 9.17) is 19.6 Å². The van der Waals surface area contributed by atoms with Gasteiger partial charge in [-0.2, -0.15) is 0 Å². The molecular weight excluding hydrogens is 400 g/mol. The van der Waals surface area contributed by atoms with Crippen molar-refractivity contribution in [1.82, 2.24) is 10.3 Å². The Morgan fingerprint density at radius 3 is 2.77 bits per heavy atom. The number of ether oxygens (including phenoxy) is 2. The van der Waals surface area contributed by atoms with E-state index in [0.717, 1.165) is 28.3 Å². The quantitative estimate of drug-likeness (QED) is 0.771. The summed E-state index contributed by atoms with van der Waals surface area (Å²) in [6.07, 6.45) is 0.435. The van der Waals surface area contributed by atoms with Gasteiger partial charge in [-0.15, -0.1) is 5.10 Å². The van der Waals surface area contributed by atoms with Gasteiger partial charge < -0.3 is 9.47 Å². The van der Waals surface area contributed by atoms with Crippen LogP contribution >= 0.6 is 11.8 Å². The van der Waals surface area contributed by atoms with E-state index < -0.39 is 6.17 Å². The van der Waals surface area contributed by atoms with Crippen molar-refractivity contribution in [2.45, 2.75) is 26.4 Å². The number of nitrogens with one attached hydrogen (secondary N) is 1. The van der Waals surface area contributed by atoms with Crippen molar-refractivity contribution in [2.24, 2.45) is 10.1 Å². The topological polar surface area (TPSA) is 75.5 Å². The SMILES string of the molecule is CCCSC1=NN2C(=c3ccccc3=NC2c2cccc(OCC)c2OC)C(=O)N1. The van der Waals surface area contributed by atoms with Gasteiger partial charge in [0.25, 0.3) is 5.91 Å². The van der Waals surface area contributed by atoms with Crippen LogP contribution in [0, 0.1) is 0 Å². The second-order valence-electron chi connectivity index (χ2n) is 6.73. The fourth-order valence-electron chi connectivity index (χ4n) is 3.52. The predicted molar refractivity (Wildman–Crippen MR) is 118 cm³/mol. The molecule has 0 bridgehead atoms. The van der Waals surface area contributed by atoms with E-state index in [1.54, 1.807) is 12.1 Å². The third kappa shape index (κ3) is 3.63. The summed E-state index contributed by atoms with van der Waals surface area (Å²) in [5.74, 6) is 1.91. The fraction of sp³-hybridized carbons (Fsp3) is 0.318. The van der Waals surface area contributed by atoms with Gasteiger partial charge in [-0.3, -0.25) is 15.1 Å². The van der Waals surface area contributed by atoms with Gasteiger partial charge in [-0.05, 0) is 25.5 Å². The van der Waals surface area contributed by atoms with Crippen LogP contribution in [0.25, 0.3) is 5.70 Å². The molecule has 30 heavy (non-hydrogen) atoms. The molecule has 2 heterocycles. The average Bonchev–Trinajstić information content (AvgIpc) is 2.77. The summed E-state index contributed by atoms with van der Waals surface area (Å²) in [4.78, 5) is 18.0. The molecule has 1 unspecified atom stereocenters. The molecule has 2 aliphatic heterocycles. The highest BCUT2D eigenvalue weighted by Gasteiger charge is 2.36. The Morgan fingerprint density at radius 2 is 2.00 bits per heavy atom. The van der Waals surface area contributed by atoms with Gasteiger partial charge in [-0.1, -0.05) is 49.0 Å². The Kier molecular flexibility index (Phi) is 5.94. The first kappa shape index (κ1) is 20.3. The van der Waals surface area contributed by atoms with Crippen molar-refractivity contribution in [1.29, 1.82) is 0 Å². The summed E-state index contributed by atoms with van der Waals surface area (Å²) in [6, 6.07) is 13.3. The van der Waals surface area contributed by atoms with E-state index in [1.807, 2.05) is 49.4 Å². The van der Waals surface area contributed by atoms with Crippen molar-refractivity contribution in [2.75, 3.05) is 19.5 Å². The maximum atomic E-state index is 13.1. The first-order chi connectivity index (χ1) is 14.7. The number of thioether (sulfide) groups is 1. The first-order valence-electron chi connectivity index (χ1n) is 9.96. The van der Waals surface area contributed by atoms with Crippen LogP contribution in [0.4, 0.5) is 0 Å².